The second-order valence-corrected chi connectivity index (χ2v) is 8.64. The Bertz CT molecular complexity index is 1570. The third-order valence-corrected chi connectivity index (χ3v) is 6.31. The number of nitrogens with zero attached hydrogens (tertiary/aromatic N) is 4. The molecule has 1 fully saturated rings. The largest absolute Gasteiger partial charge is 0.357 e. The van der Waals surface area contributed by atoms with E-state index in [1.807, 2.05) is 30.1 Å². The van der Waals surface area contributed by atoms with Gasteiger partial charge in [-0.1, -0.05) is 11.6 Å². The lowest BCUT2D eigenvalue weighted by atomic mass is 9.97. The number of benzene rings is 1. The molecule has 1 saturated carbocycles. The summed E-state index contributed by atoms with van der Waals surface area (Å²) >= 11 is 6.57. The van der Waals surface area contributed by atoms with Gasteiger partial charge in [0, 0.05) is 53.3 Å². The summed E-state index contributed by atoms with van der Waals surface area (Å²) < 4.78 is 32.2. The molecule has 0 spiro atoms. The molecule has 2 atom stereocenters. The molecule has 1 aliphatic rings. The van der Waals surface area contributed by atoms with Crippen molar-refractivity contribution >= 4 is 39.9 Å². The zero-order chi connectivity index (χ0) is 22.9. The maximum Gasteiger partial charge on any atom is 0.231 e. The van der Waals surface area contributed by atoms with Crippen molar-refractivity contribution in [3.8, 4) is 22.3 Å². The maximum absolute atomic E-state index is 15.5. The van der Waals surface area contributed by atoms with Crippen LogP contribution in [0.25, 0.3) is 38.8 Å². The molecule has 4 aromatic heterocycles. The number of pyridine rings is 1. The van der Waals surface area contributed by atoms with E-state index in [1.54, 1.807) is 35.1 Å². The van der Waals surface area contributed by atoms with E-state index in [9.17, 15) is 9.18 Å². The summed E-state index contributed by atoms with van der Waals surface area (Å²) in [4.78, 5) is 16.4. The number of alkyl halides is 1. The Morgan fingerprint density at radius 3 is 2.73 bits per heavy atom. The molecule has 1 amide bonds. The Morgan fingerprint density at radius 1 is 1.21 bits per heavy atom. The molecule has 0 radical (unpaired) electrons. The Kier molecular flexibility index (Phi) is 4.31. The molecule has 0 aliphatic heterocycles. The third kappa shape index (κ3) is 3.19. The topological polar surface area (TPSA) is 80.0 Å². The van der Waals surface area contributed by atoms with Gasteiger partial charge >= 0.3 is 0 Å². The maximum atomic E-state index is 15.5. The molecule has 1 aliphatic carbocycles. The summed E-state index contributed by atoms with van der Waals surface area (Å²) in [6, 6.07) is 5.34. The molecule has 7 nitrogen and oxygen atoms in total. The quantitative estimate of drug-likeness (QED) is 0.392. The van der Waals surface area contributed by atoms with Crippen LogP contribution in [-0.4, -0.2) is 36.2 Å². The van der Waals surface area contributed by atoms with Gasteiger partial charge in [0.05, 0.1) is 28.9 Å². The molecule has 2 N–H and O–H groups in total. The number of halogens is 3. The van der Waals surface area contributed by atoms with E-state index in [-0.39, 0.29) is 17.4 Å². The molecular formula is C23H17ClF2N6O. The van der Waals surface area contributed by atoms with Gasteiger partial charge < -0.3 is 14.3 Å². The molecule has 1 aromatic carbocycles. The number of nitrogens with one attached hydrogen (secondary N) is 2. The van der Waals surface area contributed by atoms with Gasteiger partial charge in [-0.2, -0.15) is 5.10 Å². The van der Waals surface area contributed by atoms with Crippen LogP contribution < -0.4 is 5.32 Å². The van der Waals surface area contributed by atoms with Gasteiger partial charge in [0.25, 0.3) is 0 Å². The van der Waals surface area contributed by atoms with E-state index >= 15 is 4.39 Å². The fraction of sp³-hybridized carbons (Fsp3) is 0.174. The van der Waals surface area contributed by atoms with Gasteiger partial charge in [-0.15, -0.1) is 0 Å². The zero-order valence-electron chi connectivity index (χ0n) is 17.3. The van der Waals surface area contributed by atoms with Crippen LogP contribution in [-0.2, 0) is 11.8 Å². The lowest BCUT2D eigenvalue weighted by molar-refractivity contribution is -0.117. The van der Waals surface area contributed by atoms with Crippen LogP contribution in [0.2, 0.25) is 5.02 Å². The predicted molar refractivity (Wildman–Crippen MR) is 121 cm³/mol. The third-order valence-electron chi connectivity index (χ3n) is 5.95. The van der Waals surface area contributed by atoms with Crippen LogP contribution in [0.1, 0.15) is 6.42 Å². The average Bonchev–Trinajstić information content (AvgIpc) is 3.16. The lowest BCUT2D eigenvalue weighted by Gasteiger charge is -2.12. The number of imidazole rings is 1. The molecule has 6 rings (SSSR count). The van der Waals surface area contributed by atoms with Gasteiger partial charge in [0.15, 0.2) is 11.6 Å². The van der Waals surface area contributed by atoms with Crippen LogP contribution in [0.4, 0.5) is 14.6 Å². The molecule has 0 saturated heterocycles. The van der Waals surface area contributed by atoms with Crippen molar-refractivity contribution in [2.75, 3.05) is 5.32 Å². The fourth-order valence-corrected chi connectivity index (χ4v) is 4.48. The number of amides is 1. The highest BCUT2D eigenvalue weighted by atomic mass is 35.5. The molecule has 5 aromatic rings. The van der Waals surface area contributed by atoms with Crippen LogP contribution in [0.3, 0.4) is 0 Å². The van der Waals surface area contributed by atoms with E-state index in [0.29, 0.717) is 44.6 Å². The minimum atomic E-state index is -1.08. The number of aryl methyl sites for hydroxylation is 1. The number of hydrogen-bond donors (Lipinski definition) is 2. The van der Waals surface area contributed by atoms with E-state index in [0.717, 1.165) is 0 Å². The van der Waals surface area contributed by atoms with Gasteiger partial charge in [-0.25, -0.2) is 13.8 Å². The van der Waals surface area contributed by atoms with Gasteiger partial charge in [-0.3, -0.25) is 9.89 Å². The number of H-pyrrole nitrogens is 1. The SMILES string of the molecule is Cn1ccc(-c2c(F)c(Cl)c(-c3ccc4nc(NC(=O)[C@@H]5C[C@@H]5F)cn4c3)c3cn[nH]c23)c1. The smallest absolute Gasteiger partial charge is 0.231 e. The summed E-state index contributed by atoms with van der Waals surface area (Å²) in [6.07, 6.45) is 7.81. The number of aromatic nitrogens is 5. The molecule has 4 heterocycles. The number of aromatic amines is 1. The standard InChI is InChI=1S/C23H17ClF2N6O/c1-31-5-4-12(8-31)19-21(26)20(24)18(14-7-27-30-22(14)19)11-2-3-17-28-16(10-32(17)9-11)29-23(33)13-6-15(13)25/h2-5,7-10,13,15H,6H2,1H3,(H,27,30)(H,29,33)/t13-,15+/m1/s1. The predicted octanol–water partition coefficient (Wildman–Crippen LogP) is 4.97. The second-order valence-electron chi connectivity index (χ2n) is 8.26. The number of anilines is 1. The van der Waals surface area contributed by atoms with E-state index in [1.165, 1.54) is 0 Å². The molecule has 10 heteroatoms. The van der Waals surface area contributed by atoms with Crippen molar-refractivity contribution in [3.63, 3.8) is 0 Å². The van der Waals surface area contributed by atoms with E-state index < -0.39 is 17.9 Å². The van der Waals surface area contributed by atoms with Crippen LogP contribution in [0.15, 0.2) is 49.2 Å². The van der Waals surface area contributed by atoms with Crippen LogP contribution in [0.5, 0.6) is 0 Å². The monoisotopic (exact) mass is 466 g/mol. The van der Waals surface area contributed by atoms with Crippen LogP contribution in [0, 0.1) is 11.7 Å². The molecule has 0 unspecified atom stereocenters. The Balaban J connectivity index is 1.45. The molecule has 33 heavy (non-hydrogen) atoms. The van der Waals surface area contributed by atoms with Gasteiger partial charge in [0.2, 0.25) is 5.91 Å². The Labute approximate surface area is 191 Å². The molecule has 0 bridgehead atoms. The Morgan fingerprint density at radius 2 is 2.00 bits per heavy atom. The minimum absolute atomic E-state index is 0.0153. The number of carbonyl (C=O) groups is 1. The number of rotatable bonds is 4. The zero-order valence-corrected chi connectivity index (χ0v) is 18.1. The normalized spacial score (nSPS) is 17.7. The second kappa shape index (κ2) is 7.14. The molecular weight excluding hydrogens is 450 g/mol. The number of hydrogen-bond acceptors (Lipinski definition) is 3. The Hall–Kier alpha value is -3.72. The number of fused-ring (bicyclic) bond motifs is 2. The van der Waals surface area contributed by atoms with Crippen molar-refractivity contribution in [3.05, 3.63) is 60.0 Å². The first kappa shape index (κ1) is 19.9. The van der Waals surface area contributed by atoms with Crippen molar-refractivity contribution in [1.29, 1.82) is 0 Å². The first-order chi connectivity index (χ1) is 15.9. The van der Waals surface area contributed by atoms with Gasteiger partial charge in [0.1, 0.15) is 11.8 Å². The van der Waals surface area contributed by atoms with E-state index in [2.05, 4.69) is 20.5 Å². The first-order valence-electron chi connectivity index (χ1n) is 10.3. The van der Waals surface area contributed by atoms with Crippen molar-refractivity contribution in [1.82, 2.24) is 24.1 Å². The minimum Gasteiger partial charge on any atom is -0.357 e. The van der Waals surface area contributed by atoms with Crippen molar-refractivity contribution in [2.24, 2.45) is 13.0 Å². The summed E-state index contributed by atoms with van der Waals surface area (Å²) in [5.74, 6) is -1.21. The summed E-state index contributed by atoms with van der Waals surface area (Å²) in [7, 11) is 1.86. The van der Waals surface area contributed by atoms with Crippen molar-refractivity contribution < 1.29 is 13.6 Å². The fourth-order valence-electron chi connectivity index (χ4n) is 4.17. The van der Waals surface area contributed by atoms with Crippen LogP contribution >= 0.6 is 11.6 Å². The lowest BCUT2D eigenvalue weighted by Crippen LogP contribution is -2.15. The van der Waals surface area contributed by atoms with E-state index in [4.69, 9.17) is 11.6 Å². The summed E-state index contributed by atoms with van der Waals surface area (Å²) in [5.41, 5.74) is 3.31. The average molecular weight is 467 g/mol. The highest BCUT2D eigenvalue weighted by Crippen LogP contribution is 2.43. The number of carbonyl (C=O) groups excluding carboxylic acids is 1. The highest BCUT2D eigenvalue weighted by Gasteiger charge is 2.43. The first-order valence-corrected chi connectivity index (χ1v) is 10.7. The summed E-state index contributed by atoms with van der Waals surface area (Å²) in [6.45, 7) is 0. The molecule has 166 valence electrons. The van der Waals surface area contributed by atoms with Crippen molar-refractivity contribution in [2.45, 2.75) is 12.6 Å². The highest BCUT2D eigenvalue weighted by molar-refractivity contribution is 6.36. The summed E-state index contributed by atoms with van der Waals surface area (Å²) in [5, 5.41) is 10.3. The van der Waals surface area contributed by atoms with Gasteiger partial charge in [-0.05, 0) is 24.6 Å².